The van der Waals surface area contributed by atoms with Gasteiger partial charge in [0.25, 0.3) is 6.43 Å². The smallest absolute Gasteiger partial charge is 0.237 e. The molecular weight excluding hydrogens is 198 g/mol. The van der Waals surface area contributed by atoms with Crippen molar-refractivity contribution in [3.8, 4) is 11.4 Å². The van der Waals surface area contributed by atoms with Crippen LogP contribution in [0.2, 0.25) is 0 Å². The lowest BCUT2D eigenvalue weighted by Gasteiger charge is -2.02. The van der Waals surface area contributed by atoms with Crippen LogP contribution in [0.25, 0.3) is 11.4 Å². The van der Waals surface area contributed by atoms with Crippen LogP contribution in [0.1, 0.15) is 12.1 Å². The van der Waals surface area contributed by atoms with Crippen LogP contribution >= 0.6 is 0 Å². The number of alkyl halides is 2. The fourth-order valence-electron chi connectivity index (χ4n) is 1.22. The Kier molecular flexibility index (Phi) is 2.67. The van der Waals surface area contributed by atoms with Crippen LogP contribution in [-0.4, -0.2) is 9.97 Å². The highest BCUT2D eigenvalue weighted by atomic mass is 19.3. The Morgan fingerprint density at radius 3 is 2.40 bits per heavy atom. The zero-order valence-corrected chi connectivity index (χ0v) is 7.77. The van der Waals surface area contributed by atoms with E-state index in [0.717, 1.165) is 5.56 Å². The molecule has 2 rings (SSSR count). The maximum atomic E-state index is 12.4. The first-order valence-electron chi connectivity index (χ1n) is 4.44. The van der Waals surface area contributed by atoms with E-state index in [4.69, 9.17) is 0 Å². The van der Waals surface area contributed by atoms with Crippen LogP contribution in [0.5, 0.6) is 0 Å². The predicted molar refractivity (Wildman–Crippen MR) is 52.4 cm³/mol. The molecule has 0 aliphatic heterocycles. The maximum Gasteiger partial charge on any atom is 0.280 e. The molecule has 0 saturated carbocycles. The average molecular weight is 206 g/mol. The highest BCUT2D eigenvalue weighted by Gasteiger charge is 2.10. The van der Waals surface area contributed by atoms with Crippen LogP contribution in [-0.2, 0) is 0 Å². The minimum absolute atomic E-state index is 0.246. The van der Waals surface area contributed by atoms with Gasteiger partial charge in [-0.3, -0.25) is 0 Å². The van der Waals surface area contributed by atoms with Gasteiger partial charge in [0.1, 0.15) is 5.69 Å². The summed E-state index contributed by atoms with van der Waals surface area (Å²) in [5, 5.41) is 0. The van der Waals surface area contributed by atoms with E-state index in [1.54, 1.807) is 12.1 Å². The van der Waals surface area contributed by atoms with Crippen LogP contribution in [0.3, 0.4) is 0 Å². The van der Waals surface area contributed by atoms with E-state index in [-0.39, 0.29) is 5.69 Å². The second-order valence-electron chi connectivity index (χ2n) is 2.97. The van der Waals surface area contributed by atoms with E-state index in [1.165, 1.54) is 12.3 Å². The minimum atomic E-state index is -2.56. The van der Waals surface area contributed by atoms with Crippen LogP contribution in [0.4, 0.5) is 8.78 Å². The Morgan fingerprint density at radius 1 is 1.00 bits per heavy atom. The van der Waals surface area contributed by atoms with Crippen LogP contribution < -0.4 is 0 Å². The summed E-state index contributed by atoms with van der Waals surface area (Å²) < 4.78 is 24.7. The SMILES string of the molecule is FC(F)c1ccnc(-c2ccccc2)n1. The van der Waals surface area contributed by atoms with E-state index in [0.29, 0.717) is 5.82 Å². The van der Waals surface area contributed by atoms with Crippen molar-refractivity contribution in [3.63, 3.8) is 0 Å². The Morgan fingerprint density at radius 2 is 1.73 bits per heavy atom. The van der Waals surface area contributed by atoms with Crippen molar-refractivity contribution in [1.82, 2.24) is 9.97 Å². The molecule has 4 heteroatoms. The average Bonchev–Trinajstić information content (AvgIpc) is 2.30. The fourth-order valence-corrected chi connectivity index (χ4v) is 1.22. The number of benzene rings is 1. The second-order valence-corrected chi connectivity index (χ2v) is 2.97. The monoisotopic (exact) mass is 206 g/mol. The molecule has 0 amide bonds. The van der Waals surface area contributed by atoms with Gasteiger partial charge in [-0.15, -0.1) is 0 Å². The van der Waals surface area contributed by atoms with Gasteiger partial charge in [-0.25, -0.2) is 18.7 Å². The third-order valence-corrected chi connectivity index (χ3v) is 1.93. The molecule has 15 heavy (non-hydrogen) atoms. The van der Waals surface area contributed by atoms with Crippen molar-refractivity contribution in [2.45, 2.75) is 6.43 Å². The van der Waals surface area contributed by atoms with Gasteiger partial charge in [-0.05, 0) is 6.07 Å². The normalized spacial score (nSPS) is 10.6. The molecule has 0 aliphatic rings. The summed E-state index contributed by atoms with van der Waals surface area (Å²) in [6.45, 7) is 0. The van der Waals surface area contributed by atoms with Gasteiger partial charge < -0.3 is 0 Å². The lowest BCUT2D eigenvalue weighted by molar-refractivity contribution is 0.146. The molecule has 1 aromatic carbocycles. The van der Waals surface area contributed by atoms with Gasteiger partial charge in [0.15, 0.2) is 5.82 Å². The van der Waals surface area contributed by atoms with Crippen molar-refractivity contribution in [2.75, 3.05) is 0 Å². The van der Waals surface area contributed by atoms with E-state index >= 15 is 0 Å². The van der Waals surface area contributed by atoms with Gasteiger partial charge >= 0.3 is 0 Å². The molecule has 2 aromatic rings. The van der Waals surface area contributed by atoms with Crippen molar-refractivity contribution in [3.05, 3.63) is 48.3 Å². The first-order valence-corrected chi connectivity index (χ1v) is 4.44. The van der Waals surface area contributed by atoms with Crippen LogP contribution in [0.15, 0.2) is 42.6 Å². The number of hydrogen-bond donors (Lipinski definition) is 0. The van der Waals surface area contributed by atoms with Gasteiger partial charge in [0, 0.05) is 11.8 Å². The molecular formula is C11H8F2N2. The summed E-state index contributed by atoms with van der Waals surface area (Å²) in [5.74, 6) is 0.327. The molecule has 0 N–H and O–H groups in total. The summed E-state index contributed by atoms with van der Waals surface area (Å²) in [5.41, 5.74) is 0.490. The van der Waals surface area contributed by atoms with Crippen LogP contribution in [0, 0.1) is 0 Å². The van der Waals surface area contributed by atoms with Gasteiger partial charge in [0.2, 0.25) is 0 Å². The Hall–Kier alpha value is -1.84. The molecule has 0 radical (unpaired) electrons. The molecule has 76 valence electrons. The predicted octanol–water partition coefficient (Wildman–Crippen LogP) is 3.08. The molecule has 0 aliphatic carbocycles. The third kappa shape index (κ3) is 2.15. The lowest BCUT2D eigenvalue weighted by atomic mass is 10.2. The molecule has 0 bridgehead atoms. The number of nitrogens with zero attached hydrogens (tertiary/aromatic N) is 2. The lowest BCUT2D eigenvalue weighted by Crippen LogP contribution is -1.94. The van der Waals surface area contributed by atoms with Crippen molar-refractivity contribution < 1.29 is 8.78 Å². The number of rotatable bonds is 2. The van der Waals surface area contributed by atoms with Gasteiger partial charge in [0.05, 0.1) is 0 Å². The Labute approximate surface area is 85.6 Å². The molecule has 0 fully saturated rings. The van der Waals surface area contributed by atoms with Gasteiger partial charge in [-0.1, -0.05) is 30.3 Å². The van der Waals surface area contributed by atoms with E-state index < -0.39 is 6.43 Å². The molecule has 0 saturated heterocycles. The minimum Gasteiger partial charge on any atom is -0.237 e. The number of hydrogen-bond acceptors (Lipinski definition) is 2. The third-order valence-electron chi connectivity index (χ3n) is 1.93. The van der Waals surface area contributed by atoms with E-state index in [1.807, 2.05) is 18.2 Å². The molecule has 0 unspecified atom stereocenters. The number of aromatic nitrogens is 2. The van der Waals surface area contributed by atoms with E-state index in [2.05, 4.69) is 9.97 Å². The van der Waals surface area contributed by atoms with Gasteiger partial charge in [-0.2, -0.15) is 0 Å². The number of halogens is 2. The zero-order chi connectivity index (χ0) is 10.7. The largest absolute Gasteiger partial charge is 0.280 e. The highest BCUT2D eigenvalue weighted by Crippen LogP contribution is 2.19. The maximum absolute atomic E-state index is 12.4. The Balaban J connectivity index is 2.42. The van der Waals surface area contributed by atoms with Crippen molar-refractivity contribution >= 4 is 0 Å². The Bertz CT molecular complexity index is 443. The quantitative estimate of drug-likeness (QED) is 0.754. The first-order chi connectivity index (χ1) is 7.27. The molecule has 1 heterocycles. The topological polar surface area (TPSA) is 25.8 Å². The molecule has 0 spiro atoms. The standard InChI is InChI=1S/C11H8F2N2/c12-10(13)9-6-7-14-11(15-9)8-4-2-1-3-5-8/h1-7,10H. The zero-order valence-electron chi connectivity index (χ0n) is 7.77. The molecule has 1 aromatic heterocycles. The second kappa shape index (κ2) is 4.13. The molecule has 0 atom stereocenters. The summed E-state index contributed by atoms with van der Waals surface area (Å²) >= 11 is 0. The van der Waals surface area contributed by atoms with E-state index in [9.17, 15) is 8.78 Å². The highest BCUT2D eigenvalue weighted by molar-refractivity contribution is 5.54. The first kappa shape index (κ1) is 9.71. The fraction of sp³-hybridized carbons (Fsp3) is 0.0909. The summed E-state index contributed by atoms with van der Waals surface area (Å²) in [6.07, 6.45) is -1.22. The summed E-state index contributed by atoms with van der Waals surface area (Å²) in [7, 11) is 0. The summed E-state index contributed by atoms with van der Waals surface area (Å²) in [6, 6.07) is 10.3. The van der Waals surface area contributed by atoms with Crippen molar-refractivity contribution in [2.24, 2.45) is 0 Å². The molecule has 2 nitrogen and oxygen atoms in total. The summed E-state index contributed by atoms with van der Waals surface area (Å²) in [4.78, 5) is 7.73. The van der Waals surface area contributed by atoms with Crippen molar-refractivity contribution in [1.29, 1.82) is 0 Å².